The molecule has 0 radical (unpaired) electrons. The fourth-order valence-corrected chi connectivity index (χ4v) is 2.91. The van der Waals surface area contributed by atoms with E-state index in [1.54, 1.807) is 12.1 Å². The number of aromatic nitrogens is 2. The molecule has 0 unspecified atom stereocenters. The Morgan fingerprint density at radius 2 is 2.00 bits per heavy atom. The van der Waals surface area contributed by atoms with E-state index in [0.717, 1.165) is 61.8 Å². The van der Waals surface area contributed by atoms with E-state index < -0.39 is 0 Å². The second-order valence-corrected chi connectivity index (χ2v) is 5.98. The number of halogens is 1. The monoisotopic (exact) mass is 298 g/mol. The van der Waals surface area contributed by atoms with E-state index in [-0.39, 0.29) is 5.82 Å². The molecule has 22 heavy (non-hydrogen) atoms. The fraction of sp³-hybridized carbons (Fsp3) is 0.412. The summed E-state index contributed by atoms with van der Waals surface area (Å²) < 4.78 is 13.6. The maximum atomic E-state index is 13.6. The van der Waals surface area contributed by atoms with E-state index >= 15 is 0 Å². The van der Waals surface area contributed by atoms with E-state index in [1.807, 2.05) is 12.3 Å². The van der Waals surface area contributed by atoms with Crippen LogP contribution in [0.5, 0.6) is 0 Å². The maximum absolute atomic E-state index is 13.6. The molecule has 1 aliphatic heterocycles. The number of piperazine rings is 1. The van der Waals surface area contributed by atoms with Gasteiger partial charge in [-0.2, -0.15) is 0 Å². The summed E-state index contributed by atoms with van der Waals surface area (Å²) in [5, 5.41) is 3.35. The molecule has 0 amide bonds. The van der Waals surface area contributed by atoms with Gasteiger partial charge in [-0.15, -0.1) is 0 Å². The SMILES string of the molecule is Fc1cccc(-c2nc(C3CC3)ncc2N2CCNCC2)c1. The molecule has 0 spiro atoms. The Balaban J connectivity index is 1.79. The van der Waals surface area contributed by atoms with Crippen LogP contribution in [-0.4, -0.2) is 36.1 Å². The van der Waals surface area contributed by atoms with Crippen LogP contribution in [0.4, 0.5) is 10.1 Å². The van der Waals surface area contributed by atoms with Gasteiger partial charge in [-0.3, -0.25) is 0 Å². The number of hydrogen-bond donors (Lipinski definition) is 1. The average Bonchev–Trinajstić information content (AvgIpc) is 3.40. The van der Waals surface area contributed by atoms with Crippen molar-refractivity contribution in [1.29, 1.82) is 0 Å². The summed E-state index contributed by atoms with van der Waals surface area (Å²) in [7, 11) is 0. The van der Waals surface area contributed by atoms with Gasteiger partial charge >= 0.3 is 0 Å². The lowest BCUT2D eigenvalue weighted by atomic mass is 10.1. The molecule has 2 aliphatic rings. The summed E-state index contributed by atoms with van der Waals surface area (Å²) in [5.41, 5.74) is 2.70. The zero-order valence-corrected chi connectivity index (χ0v) is 12.4. The van der Waals surface area contributed by atoms with E-state index in [0.29, 0.717) is 5.92 Å². The van der Waals surface area contributed by atoms with Crippen molar-refractivity contribution in [1.82, 2.24) is 15.3 Å². The van der Waals surface area contributed by atoms with Crippen molar-refractivity contribution in [3.8, 4) is 11.3 Å². The summed E-state index contributed by atoms with van der Waals surface area (Å²) in [6.07, 6.45) is 4.25. The second-order valence-electron chi connectivity index (χ2n) is 5.98. The smallest absolute Gasteiger partial charge is 0.132 e. The van der Waals surface area contributed by atoms with Crippen LogP contribution >= 0.6 is 0 Å². The molecule has 114 valence electrons. The summed E-state index contributed by atoms with van der Waals surface area (Å²) >= 11 is 0. The molecule has 4 nitrogen and oxygen atoms in total. The van der Waals surface area contributed by atoms with Crippen LogP contribution in [0.15, 0.2) is 30.5 Å². The summed E-state index contributed by atoms with van der Waals surface area (Å²) in [6.45, 7) is 3.75. The maximum Gasteiger partial charge on any atom is 0.132 e. The van der Waals surface area contributed by atoms with Gasteiger partial charge in [-0.25, -0.2) is 14.4 Å². The highest BCUT2D eigenvalue weighted by molar-refractivity contribution is 5.74. The van der Waals surface area contributed by atoms with Gasteiger partial charge in [0.25, 0.3) is 0 Å². The van der Waals surface area contributed by atoms with Crippen molar-refractivity contribution in [2.75, 3.05) is 31.1 Å². The Morgan fingerprint density at radius 3 is 2.73 bits per heavy atom. The summed E-state index contributed by atoms with van der Waals surface area (Å²) in [6, 6.07) is 6.70. The summed E-state index contributed by atoms with van der Waals surface area (Å²) in [5.74, 6) is 1.16. The predicted molar refractivity (Wildman–Crippen MR) is 84.5 cm³/mol. The third kappa shape index (κ3) is 2.68. The second kappa shape index (κ2) is 5.65. The Bertz CT molecular complexity index is 678. The molecule has 1 aromatic carbocycles. The molecule has 5 heteroatoms. The lowest BCUT2D eigenvalue weighted by Crippen LogP contribution is -2.43. The highest BCUT2D eigenvalue weighted by Crippen LogP contribution is 2.40. The molecule has 2 fully saturated rings. The van der Waals surface area contributed by atoms with Gasteiger partial charge in [-0.1, -0.05) is 12.1 Å². The molecule has 1 aliphatic carbocycles. The first-order valence-corrected chi connectivity index (χ1v) is 7.90. The predicted octanol–water partition coefficient (Wildman–Crippen LogP) is 2.57. The van der Waals surface area contributed by atoms with Crippen molar-refractivity contribution in [2.24, 2.45) is 0 Å². The van der Waals surface area contributed by atoms with E-state index in [4.69, 9.17) is 4.98 Å². The molecule has 1 saturated carbocycles. The van der Waals surface area contributed by atoms with Crippen LogP contribution in [0.25, 0.3) is 11.3 Å². The first-order chi connectivity index (χ1) is 10.8. The van der Waals surface area contributed by atoms with Crippen molar-refractivity contribution in [2.45, 2.75) is 18.8 Å². The van der Waals surface area contributed by atoms with Gasteiger partial charge in [0.2, 0.25) is 0 Å². The lowest BCUT2D eigenvalue weighted by Gasteiger charge is -2.30. The standard InChI is InChI=1S/C17H19FN4/c18-14-3-1-2-13(10-14)16-15(22-8-6-19-7-9-22)11-20-17(21-16)12-4-5-12/h1-3,10-12,19H,4-9H2. The van der Waals surface area contributed by atoms with Crippen LogP contribution in [0.3, 0.4) is 0 Å². The Kier molecular flexibility index (Phi) is 3.50. The van der Waals surface area contributed by atoms with E-state index in [9.17, 15) is 4.39 Å². The molecule has 0 bridgehead atoms. The zero-order valence-electron chi connectivity index (χ0n) is 12.4. The molecule has 2 aromatic rings. The minimum Gasteiger partial charge on any atom is -0.366 e. The quantitative estimate of drug-likeness (QED) is 0.945. The number of benzene rings is 1. The molecule has 4 rings (SSSR count). The van der Waals surface area contributed by atoms with Gasteiger partial charge in [-0.05, 0) is 25.0 Å². The van der Waals surface area contributed by atoms with Crippen molar-refractivity contribution in [3.05, 3.63) is 42.1 Å². The number of rotatable bonds is 3. The number of nitrogens with one attached hydrogen (secondary N) is 1. The van der Waals surface area contributed by atoms with E-state index in [1.165, 1.54) is 6.07 Å². The van der Waals surface area contributed by atoms with E-state index in [2.05, 4.69) is 15.2 Å². The minimum atomic E-state index is -0.227. The number of nitrogens with zero attached hydrogens (tertiary/aromatic N) is 3. The van der Waals surface area contributed by atoms with Gasteiger partial charge < -0.3 is 10.2 Å². The van der Waals surface area contributed by atoms with Gasteiger partial charge in [0, 0.05) is 37.7 Å². The van der Waals surface area contributed by atoms with Crippen LogP contribution < -0.4 is 10.2 Å². The molecule has 1 N–H and O–H groups in total. The third-order valence-electron chi connectivity index (χ3n) is 4.29. The van der Waals surface area contributed by atoms with Crippen LogP contribution in [0, 0.1) is 5.82 Å². The topological polar surface area (TPSA) is 41.1 Å². The van der Waals surface area contributed by atoms with Gasteiger partial charge in [0.05, 0.1) is 17.6 Å². The lowest BCUT2D eigenvalue weighted by molar-refractivity contribution is 0.588. The largest absolute Gasteiger partial charge is 0.366 e. The van der Waals surface area contributed by atoms with Gasteiger partial charge in [0.1, 0.15) is 11.6 Å². The third-order valence-corrected chi connectivity index (χ3v) is 4.29. The normalized spacial score (nSPS) is 18.5. The van der Waals surface area contributed by atoms with Crippen molar-refractivity contribution >= 4 is 5.69 Å². The highest BCUT2D eigenvalue weighted by Gasteiger charge is 2.28. The molecular weight excluding hydrogens is 279 g/mol. The summed E-state index contributed by atoms with van der Waals surface area (Å²) in [4.78, 5) is 11.6. The Labute approximate surface area is 129 Å². The van der Waals surface area contributed by atoms with Crippen LogP contribution in [-0.2, 0) is 0 Å². The highest BCUT2D eigenvalue weighted by atomic mass is 19.1. The Hall–Kier alpha value is -2.01. The van der Waals surface area contributed by atoms with Crippen molar-refractivity contribution in [3.63, 3.8) is 0 Å². The fourth-order valence-electron chi connectivity index (χ4n) is 2.91. The molecule has 0 atom stereocenters. The van der Waals surface area contributed by atoms with Crippen molar-refractivity contribution < 1.29 is 4.39 Å². The zero-order chi connectivity index (χ0) is 14.9. The first kappa shape index (κ1) is 13.6. The van der Waals surface area contributed by atoms with Gasteiger partial charge in [0.15, 0.2) is 0 Å². The molecule has 1 aromatic heterocycles. The van der Waals surface area contributed by atoms with Crippen LogP contribution in [0.1, 0.15) is 24.6 Å². The molecule has 2 heterocycles. The first-order valence-electron chi connectivity index (χ1n) is 7.90. The van der Waals surface area contributed by atoms with Crippen LogP contribution in [0.2, 0.25) is 0 Å². The molecule has 1 saturated heterocycles. The average molecular weight is 298 g/mol. The minimum absolute atomic E-state index is 0.227. The molecular formula is C17H19FN4. The Morgan fingerprint density at radius 1 is 1.18 bits per heavy atom. The number of anilines is 1. The number of hydrogen-bond acceptors (Lipinski definition) is 4.